The van der Waals surface area contributed by atoms with Gasteiger partial charge in [0.2, 0.25) is 0 Å². The summed E-state index contributed by atoms with van der Waals surface area (Å²) in [6.07, 6.45) is 5.38. The number of aromatic nitrogens is 2. The van der Waals surface area contributed by atoms with Gasteiger partial charge in [0, 0.05) is 31.8 Å². The average Bonchev–Trinajstić information content (AvgIpc) is 2.99. The van der Waals surface area contributed by atoms with Crippen LogP contribution in [-0.2, 0) is 16.6 Å². The molecular formula is C30H27N4O8-. The highest BCUT2D eigenvalue weighted by molar-refractivity contribution is 6.37. The number of methoxy groups -OCH3 is 2. The second-order valence-corrected chi connectivity index (χ2v) is 9.22. The Morgan fingerprint density at radius 1 is 0.857 bits per heavy atom. The number of rotatable bonds is 7. The maximum atomic E-state index is 13.2. The first-order chi connectivity index (χ1) is 20.0. The van der Waals surface area contributed by atoms with E-state index in [2.05, 4.69) is 0 Å². The van der Waals surface area contributed by atoms with Crippen molar-refractivity contribution in [3.63, 3.8) is 0 Å². The lowest BCUT2D eigenvalue weighted by Gasteiger charge is -2.31. The van der Waals surface area contributed by atoms with Crippen LogP contribution in [0.5, 0.6) is 17.4 Å². The van der Waals surface area contributed by atoms with Gasteiger partial charge in [-0.25, -0.2) is 14.5 Å². The fraction of sp³-hybridized carbons (Fsp3) is 0.167. The maximum Gasteiger partial charge on any atom is 0.338 e. The van der Waals surface area contributed by atoms with E-state index in [9.17, 15) is 29.1 Å². The monoisotopic (exact) mass is 571 g/mol. The molecule has 0 radical (unpaired) electrons. The number of allylic oxidation sites excluding steroid dienone is 4. The summed E-state index contributed by atoms with van der Waals surface area (Å²) in [5, 5.41) is 13.2. The Bertz CT molecular complexity index is 1810. The summed E-state index contributed by atoms with van der Waals surface area (Å²) in [6, 6.07) is 11.8. The van der Waals surface area contributed by atoms with Crippen molar-refractivity contribution in [3.8, 4) is 23.1 Å². The van der Waals surface area contributed by atoms with Crippen molar-refractivity contribution < 1.29 is 29.0 Å². The fourth-order valence-corrected chi connectivity index (χ4v) is 4.16. The summed E-state index contributed by atoms with van der Waals surface area (Å²) in [5.74, 6) is -1.62. The largest absolute Gasteiger partial charge is 0.859 e. The number of anilines is 1. The van der Waals surface area contributed by atoms with Gasteiger partial charge in [-0.2, -0.15) is 0 Å². The Balaban J connectivity index is 1.70. The normalized spacial score (nSPS) is 15.2. The zero-order chi connectivity index (χ0) is 30.7. The van der Waals surface area contributed by atoms with Gasteiger partial charge in [0.1, 0.15) is 17.1 Å². The van der Waals surface area contributed by atoms with E-state index in [0.717, 1.165) is 18.9 Å². The maximum absolute atomic E-state index is 13.2. The van der Waals surface area contributed by atoms with Gasteiger partial charge in [-0.05, 0) is 49.2 Å². The predicted octanol–water partition coefficient (Wildman–Crippen LogP) is 2.14. The smallest absolute Gasteiger partial charge is 0.338 e. The molecule has 2 heterocycles. The Morgan fingerprint density at radius 2 is 1.45 bits per heavy atom. The molecule has 0 atom stereocenters. The van der Waals surface area contributed by atoms with Gasteiger partial charge >= 0.3 is 11.7 Å². The molecule has 0 spiro atoms. The third kappa shape index (κ3) is 5.37. The number of urea groups is 1. The lowest BCUT2D eigenvalue weighted by atomic mass is 10.1. The van der Waals surface area contributed by atoms with Crippen molar-refractivity contribution in [1.29, 1.82) is 0 Å². The van der Waals surface area contributed by atoms with E-state index >= 15 is 0 Å². The van der Waals surface area contributed by atoms with Crippen molar-refractivity contribution in [2.24, 2.45) is 7.05 Å². The van der Waals surface area contributed by atoms with Crippen molar-refractivity contribution in [2.75, 3.05) is 26.2 Å². The number of barbiturate groups is 1. The summed E-state index contributed by atoms with van der Waals surface area (Å²) >= 11 is 0. The van der Waals surface area contributed by atoms with Gasteiger partial charge in [0.25, 0.3) is 17.4 Å². The minimum absolute atomic E-state index is 0.222. The second kappa shape index (κ2) is 11.8. The first kappa shape index (κ1) is 29.3. The van der Waals surface area contributed by atoms with Crippen LogP contribution in [0.2, 0.25) is 0 Å². The molecule has 12 nitrogen and oxygen atoms in total. The SMILES string of the molecule is COc1cccc(N2C(=O)/C(=C/C=C(C)/C=C/c3c([O-])n(-c4cccc(OC)c4)c(=O)n(C)c3=O)C(=O)N(C)C2=O)c1. The van der Waals surface area contributed by atoms with E-state index in [4.69, 9.17) is 9.47 Å². The first-order valence-corrected chi connectivity index (χ1v) is 12.5. The fourth-order valence-electron chi connectivity index (χ4n) is 4.16. The van der Waals surface area contributed by atoms with Gasteiger partial charge in [-0.15, -0.1) is 0 Å². The van der Waals surface area contributed by atoms with Gasteiger partial charge in [-0.1, -0.05) is 29.9 Å². The molecule has 4 amide bonds. The molecule has 42 heavy (non-hydrogen) atoms. The highest BCUT2D eigenvalue weighted by Gasteiger charge is 2.40. The third-order valence-corrected chi connectivity index (χ3v) is 6.54. The van der Waals surface area contributed by atoms with Gasteiger partial charge in [0.15, 0.2) is 0 Å². The van der Waals surface area contributed by atoms with Crippen LogP contribution in [0.4, 0.5) is 10.5 Å². The Labute approximate surface area is 240 Å². The summed E-state index contributed by atoms with van der Waals surface area (Å²) in [7, 11) is 5.41. The number of imide groups is 2. The summed E-state index contributed by atoms with van der Waals surface area (Å²) in [4.78, 5) is 66.1. The number of hydrogen-bond donors (Lipinski definition) is 0. The highest BCUT2D eigenvalue weighted by Crippen LogP contribution is 2.27. The van der Waals surface area contributed by atoms with E-state index in [1.54, 1.807) is 31.2 Å². The molecule has 1 saturated heterocycles. The summed E-state index contributed by atoms with van der Waals surface area (Å²) in [6.45, 7) is 1.62. The second-order valence-electron chi connectivity index (χ2n) is 9.22. The quantitative estimate of drug-likeness (QED) is 0.238. The lowest BCUT2D eigenvalue weighted by Crippen LogP contribution is -2.55. The molecule has 0 bridgehead atoms. The van der Waals surface area contributed by atoms with Crippen molar-refractivity contribution in [3.05, 3.63) is 104 Å². The van der Waals surface area contributed by atoms with Crippen molar-refractivity contribution in [2.45, 2.75) is 6.92 Å². The average molecular weight is 572 g/mol. The Hall–Kier alpha value is -5.65. The summed E-state index contributed by atoms with van der Waals surface area (Å²) in [5.41, 5.74) is -1.27. The Kier molecular flexibility index (Phi) is 8.27. The zero-order valence-corrected chi connectivity index (χ0v) is 23.5. The molecular weight excluding hydrogens is 544 g/mol. The number of ether oxygens (including phenoxy) is 2. The van der Waals surface area contributed by atoms with Crippen LogP contribution < -0.4 is 30.7 Å². The number of amides is 4. The van der Waals surface area contributed by atoms with Crippen LogP contribution in [0.15, 0.2) is 87.5 Å². The number of carbonyl (C=O) groups excluding carboxylic acids is 3. The first-order valence-electron chi connectivity index (χ1n) is 12.5. The molecule has 1 aromatic heterocycles. The molecule has 3 aromatic rings. The van der Waals surface area contributed by atoms with Crippen molar-refractivity contribution >= 4 is 29.6 Å². The van der Waals surface area contributed by atoms with Crippen molar-refractivity contribution in [1.82, 2.24) is 14.0 Å². The van der Waals surface area contributed by atoms with E-state index in [1.807, 2.05) is 0 Å². The molecule has 1 aliphatic heterocycles. The van der Waals surface area contributed by atoms with E-state index in [1.165, 1.54) is 76.9 Å². The molecule has 1 aliphatic rings. The van der Waals surface area contributed by atoms with Crippen LogP contribution in [0.3, 0.4) is 0 Å². The predicted molar refractivity (Wildman–Crippen MR) is 153 cm³/mol. The lowest BCUT2D eigenvalue weighted by molar-refractivity contribution is -0.278. The highest BCUT2D eigenvalue weighted by atomic mass is 16.5. The summed E-state index contributed by atoms with van der Waals surface area (Å²) < 4.78 is 12.0. The molecule has 0 unspecified atom stereocenters. The van der Waals surface area contributed by atoms with Gasteiger partial charge in [0.05, 0.1) is 25.6 Å². The van der Waals surface area contributed by atoms with E-state index < -0.39 is 35.0 Å². The minimum Gasteiger partial charge on any atom is -0.859 e. The molecule has 0 N–H and O–H groups in total. The Morgan fingerprint density at radius 3 is 2.07 bits per heavy atom. The molecule has 2 aromatic carbocycles. The topological polar surface area (TPSA) is 143 Å². The number of nitrogens with zero attached hydrogens (tertiary/aromatic N) is 4. The van der Waals surface area contributed by atoms with Gasteiger partial charge in [-0.3, -0.25) is 28.4 Å². The number of likely N-dealkylation sites (N-methyl/N-ethyl adjacent to an activating group) is 1. The molecule has 0 aliphatic carbocycles. The van der Waals surface area contributed by atoms with E-state index in [0.29, 0.717) is 17.1 Å². The van der Waals surface area contributed by atoms with Crippen LogP contribution in [0, 0.1) is 0 Å². The standard InChI is InChI=1S/C30H28N4O8/c1-18(12-14-23-25(35)31(2)29(39)33(27(23)37)19-8-6-10-21(16-19)41-4)13-15-24-26(36)32(3)30(40)34(28(24)38)20-9-7-11-22(17-20)42-5/h6-17,37H,1-5H3/p-1/b14-12+,18-13+,24-15+. The van der Waals surface area contributed by atoms with Crippen LogP contribution in [0.25, 0.3) is 11.8 Å². The number of benzene rings is 2. The van der Waals surface area contributed by atoms with E-state index in [-0.39, 0.29) is 22.5 Å². The van der Waals surface area contributed by atoms with Crippen LogP contribution in [-0.4, -0.2) is 53.1 Å². The van der Waals surface area contributed by atoms with Crippen LogP contribution >= 0.6 is 0 Å². The molecule has 1 fully saturated rings. The van der Waals surface area contributed by atoms with Gasteiger partial charge < -0.3 is 14.6 Å². The number of carbonyl (C=O) groups is 3. The molecule has 12 heteroatoms. The minimum atomic E-state index is -0.828. The third-order valence-electron chi connectivity index (χ3n) is 6.54. The molecule has 216 valence electrons. The molecule has 0 saturated carbocycles. The number of hydrogen-bond acceptors (Lipinski definition) is 8. The zero-order valence-electron chi connectivity index (χ0n) is 23.5. The molecule has 4 rings (SSSR count). The van der Waals surface area contributed by atoms with Crippen LogP contribution in [0.1, 0.15) is 12.5 Å².